The van der Waals surface area contributed by atoms with Crippen molar-refractivity contribution < 1.29 is 4.74 Å². The summed E-state index contributed by atoms with van der Waals surface area (Å²) in [5.41, 5.74) is 7.30. The molecule has 19 heavy (non-hydrogen) atoms. The first-order valence-electron chi connectivity index (χ1n) is 6.46. The van der Waals surface area contributed by atoms with Gasteiger partial charge in [0.2, 0.25) is 0 Å². The summed E-state index contributed by atoms with van der Waals surface area (Å²) in [6.45, 7) is 4.45. The number of nitrogens with zero attached hydrogens (tertiary/aromatic N) is 2. The third-order valence-electron chi connectivity index (χ3n) is 3.02. The second kappa shape index (κ2) is 6.33. The normalized spacial score (nSPS) is 10.9. The van der Waals surface area contributed by atoms with Gasteiger partial charge in [0, 0.05) is 25.8 Å². The van der Waals surface area contributed by atoms with Crippen LogP contribution in [0.25, 0.3) is 0 Å². The molecule has 0 atom stereocenters. The van der Waals surface area contributed by atoms with Gasteiger partial charge >= 0.3 is 0 Å². The van der Waals surface area contributed by atoms with Crippen LogP contribution in [0.4, 0.5) is 11.4 Å². The number of ether oxygens (including phenoxy) is 1. The molecule has 0 unspecified atom stereocenters. The van der Waals surface area contributed by atoms with Crippen LogP contribution in [-0.2, 0) is 0 Å². The molecule has 0 saturated heterocycles. The zero-order chi connectivity index (χ0) is 14.5. The molecule has 1 aromatic carbocycles. The van der Waals surface area contributed by atoms with Crippen LogP contribution in [0.5, 0.6) is 5.75 Å². The van der Waals surface area contributed by atoms with Crippen LogP contribution in [0.15, 0.2) is 18.2 Å². The fourth-order valence-corrected chi connectivity index (χ4v) is 1.68. The van der Waals surface area contributed by atoms with Gasteiger partial charge in [-0.15, -0.1) is 0 Å². The molecule has 104 valence electrons. The molecule has 0 spiro atoms. The van der Waals surface area contributed by atoms with Gasteiger partial charge in [0.15, 0.2) is 0 Å². The number of hydrogen-bond acceptors (Lipinski definition) is 4. The number of benzene rings is 1. The summed E-state index contributed by atoms with van der Waals surface area (Å²) in [6, 6.07) is 8.03. The van der Waals surface area contributed by atoms with E-state index >= 15 is 0 Å². The Morgan fingerprint density at radius 1 is 1.37 bits per heavy atom. The Labute approximate surface area is 115 Å². The van der Waals surface area contributed by atoms with Crippen molar-refractivity contribution in [3.05, 3.63) is 18.2 Å². The minimum Gasteiger partial charge on any atom is -0.491 e. The highest BCUT2D eigenvalue weighted by atomic mass is 16.5. The molecular formula is C15H23N3O. The van der Waals surface area contributed by atoms with E-state index in [1.54, 1.807) is 0 Å². The van der Waals surface area contributed by atoms with Gasteiger partial charge < -0.3 is 15.4 Å². The van der Waals surface area contributed by atoms with Crippen molar-refractivity contribution in [3.8, 4) is 11.8 Å². The lowest BCUT2D eigenvalue weighted by Crippen LogP contribution is -2.11. The average molecular weight is 261 g/mol. The number of nitrogen functional groups attached to an aromatic ring is 1. The van der Waals surface area contributed by atoms with Gasteiger partial charge in [-0.3, -0.25) is 0 Å². The van der Waals surface area contributed by atoms with E-state index in [1.807, 2.05) is 51.0 Å². The lowest BCUT2D eigenvalue weighted by molar-refractivity contribution is 0.285. The summed E-state index contributed by atoms with van der Waals surface area (Å²) >= 11 is 0. The maximum Gasteiger partial charge on any atom is 0.144 e. The Balaban J connectivity index is 2.54. The molecule has 1 aromatic rings. The molecule has 0 aliphatic heterocycles. The van der Waals surface area contributed by atoms with Crippen LogP contribution in [0.3, 0.4) is 0 Å². The van der Waals surface area contributed by atoms with E-state index in [9.17, 15) is 0 Å². The first-order valence-corrected chi connectivity index (χ1v) is 6.46. The van der Waals surface area contributed by atoms with Crippen molar-refractivity contribution in [1.82, 2.24) is 0 Å². The molecule has 0 aliphatic carbocycles. The van der Waals surface area contributed by atoms with E-state index in [2.05, 4.69) is 6.07 Å². The van der Waals surface area contributed by atoms with E-state index in [0.717, 1.165) is 18.5 Å². The maximum absolute atomic E-state index is 8.94. The number of nitrogens with two attached hydrogens (primary N) is 1. The fraction of sp³-hybridized carbons (Fsp3) is 0.533. The Hall–Kier alpha value is -1.89. The minimum absolute atomic E-state index is 0.291. The lowest BCUT2D eigenvalue weighted by Gasteiger charge is -2.17. The first kappa shape index (κ1) is 15.2. The zero-order valence-corrected chi connectivity index (χ0v) is 12.2. The number of hydrogen-bond donors (Lipinski definition) is 1. The molecule has 0 aromatic heterocycles. The fourth-order valence-electron chi connectivity index (χ4n) is 1.68. The summed E-state index contributed by atoms with van der Waals surface area (Å²) < 4.78 is 5.71. The molecule has 0 radical (unpaired) electrons. The predicted molar refractivity (Wildman–Crippen MR) is 79.3 cm³/mol. The van der Waals surface area contributed by atoms with Crippen molar-refractivity contribution in [2.75, 3.05) is 31.3 Å². The number of anilines is 2. The third kappa shape index (κ3) is 4.70. The molecular weight excluding hydrogens is 238 g/mol. The van der Waals surface area contributed by atoms with Crippen molar-refractivity contribution >= 4 is 11.4 Å². The van der Waals surface area contributed by atoms with E-state index in [1.165, 1.54) is 0 Å². The van der Waals surface area contributed by atoms with Crippen molar-refractivity contribution in [2.24, 2.45) is 5.41 Å². The van der Waals surface area contributed by atoms with Crippen LogP contribution in [0.2, 0.25) is 0 Å². The first-order chi connectivity index (χ1) is 8.85. The van der Waals surface area contributed by atoms with Gasteiger partial charge in [0.25, 0.3) is 0 Å². The van der Waals surface area contributed by atoms with Gasteiger partial charge in [-0.2, -0.15) is 5.26 Å². The smallest absolute Gasteiger partial charge is 0.144 e. The third-order valence-corrected chi connectivity index (χ3v) is 3.02. The monoisotopic (exact) mass is 261 g/mol. The number of nitriles is 1. The second-order valence-electron chi connectivity index (χ2n) is 5.56. The van der Waals surface area contributed by atoms with Gasteiger partial charge in [0.05, 0.1) is 23.8 Å². The van der Waals surface area contributed by atoms with Gasteiger partial charge in [-0.1, -0.05) is 0 Å². The van der Waals surface area contributed by atoms with Gasteiger partial charge in [0.1, 0.15) is 5.75 Å². The second-order valence-corrected chi connectivity index (χ2v) is 5.56. The molecule has 0 amide bonds. The summed E-state index contributed by atoms with van der Waals surface area (Å²) in [4.78, 5) is 2.01. The van der Waals surface area contributed by atoms with Crippen LogP contribution < -0.4 is 15.4 Å². The summed E-state index contributed by atoms with van der Waals surface area (Å²) in [5.74, 6) is 0.709. The van der Waals surface area contributed by atoms with Gasteiger partial charge in [-0.25, -0.2) is 0 Å². The molecule has 0 bridgehead atoms. The zero-order valence-electron chi connectivity index (χ0n) is 12.2. The van der Waals surface area contributed by atoms with Crippen molar-refractivity contribution in [3.63, 3.8) is 0 Å². The molecule has 0 fully saturated rings. The van der Waals surface area contributed by atoms with E-state index in [4.69, 9.17) is 15.7 Å². The topological polar surface area (TPSA) is 62.3 Å². The number of rotatable bonds is 6. The highest BCUT2D eigenvalue weighted by Crippen LogP contribution is 2.27. The summed E-state index contributed by atoms with van der Waals surface area (Å²) in [7, 11) is 3.95. The molecule has 4 nitrogen and oxygen atoms in total. The largest absolute Gasteiger partial charge is 0.491 e. The molecule has 2 N–H and O–H groups in total. The quantitative estimate of drug-likeness (QED) is 0.631. The molecule has 0 heterocycles. The standard InChI is InChI=1S/C15H23N3O/c1-15(2,11-16)8-5-9-19-14-10-12(18(3)4)6-7-13(14)17/h6-7,10H,5,8-9,17H2,1-4H3. The van der Waals surface area contributed by atoms with Crippen LogP contribution in [-0.4, -0.2) is 20.7 Å². The highest BCUT2D eigenvalue weighted by Gasteiger charge is 2.15. The minimum atomic E-state index is -0.291. The van der Waals surface area contributed by atoms with Gasteiger partial charge in [-0.05, 0) is 38.8 Å². The summed E-state index contributed by atoms with van der Waals surface area (Å²) in [5, 5.41) is 8.94. The van der Waals surface area contributed by atoms with Crippen LogP contribution >= 0.6 is 0 Å². The summed E-state index contributed by atoms with van der Waals surface area (Å²) in [6.07, 6.45) is 1.66. The maximum atomic E-state index is 8.94. The van der Waals surface area contributed by atoms with Crippen LogP contribution in [0.1, 0.15) is 26.7 Å². The van der Waals surface area contributed by atoms with E-state index in [-0.39, 0.29) is 5.41 Å². The van der Waals surface area contributed by atoms with E-state index < -0.39 is 0 Å². The SMILES string of the molecule is CN(C)c1ccc(N)c(OCCCC(C)(C)C#N)c1. The predicted octanol–water partition coefficient (Wildman–Crippen LogP) is 3.04. The van der Waals surface area contributed by atoms with Crippen molar-refractivity contribution in [1.29, 1.82) is 5.26 Å². The molecule has 0 aliphatic rings. The Kier molecular flexibility index (Phi) is 5.05. The Morgan fingerprint density at radius 2 is 2.05 bits per heavy atom. The highest BCUT2D eigenvalue weighted by molar-refractivity contribution is 5.61. The average Bonchev–Trinajstić information content (AvgIpc) is 2.36. The van der Waals surface area contributed by atoms with Crippen LogP contribution in [0, 0.1) is 16.7 Å². The molecule has 4 heteroatoms. The Bertz CT molecular complexity index is 461. The van der Waals surface area contributed by atoms with E-state index in [0.29, 0.717) is 18.0 Å². The molecule has 0 saturated carbocycles. The molecule has 1 rings (SSSR count). The Morgan fingerprint density at radius 3 is 2.63 bits per heavy atom. The lowest BCUT2D eigenvalue weighted by atomic mass is 9.90. The van der Waals surface area contributed by atoms with Crippen molar-refractivity contribution in [2.45, 2.75) is 26.7 Å².